The molecule has 0 heterocycles. The van der Waals surface area contributed by atoms with Crippen molar-refractivity contribution in [1.82, 2.24) is 0 Å². The van der Waals surface area contributed by atoms with E-state index in [1.165, 1.54) is 0 Å². The van der Waals surface area contributed by atoms with Gasteiger partial charge in [-0.05, 0) is 0 Å². The molecule has 0 bridgehead atoms. The van der Waals surface area contributed by atoms with Crippen LogP contribution in [0.3, 0.4) is 0 Å². The minimum atomic E-state index is -2.45. The Morgan fingerprint density at radius 1 is 0.800 bits per heavy atom. The summed E-state index contributed by atoms with van der Waals surface area (Å²) in [6.07, 6.45) is -0.675. The smallest absolute Gasteiger partial charge is 0.335 e. The van der Waals surface area contributed by atoms with Crippen LogP contribution in [0.4, 0.5) is 0 Å². The highest BCUT2D eigenvalue weighted by molar-refractivity contribution is 6.18. The van der Waals surface area contributed by atoms with Crippen LogP contribution in [-0.2, 0) is 38.1 Å². The number of carbonyl (C=O) groups excluding carboxylic acids is 4. The first-order valence-corrected chi connectivity index (χ1v) is 5.33. The van der Waals surface area contributed by atoms with Crippen molar-refractivity contribution < 1.29 is 38.1 Å². The van der Waals surface area contributed by atoms with Gasteiger partial charge in [-0.3, -0.25) is 14.4 Å². The Morgan fingerprint density at radius 2 is 1.15 bits per heavy atom. The molecule has 0 spiro atoms. The average molecular weight is 288 g/mol. The highest BCUT2D eigenvalue weighted by atomic mass is 16.6. The van der Waals surface area contributed by atoms with Crippen molar-refractivity contribution in [3.63, 3.8) is 0 Å². The van der Waals surface area contributed by atoms with Crippen molar-refractivity contribution in [1.29, 1.82) is 0 Å². The van der Waals surface area contributed by atoms with Crippen LogP contribution < -0.4 is 0 Å². The van der Waals surface area contributed by atoms with E-state index >= 15 is 0 Å². The number of esters is 4. The Morgan fingerprint density at radius 3 is 1.40 bits per heavy atom. The van der Waals surface area contributed by atoms with E-state index in [0.717, 1.165) is 28.4 Å². The summed E-state index contributed by atoms with van der Waals surface area (Å²) in [7, 11) is 4.02. The zero-order valence-corrected chi connectivity index (χ0v) is 11.7. The molecular formula is C12H16O8. The second-order valence-corrected chi connectivity index (χ2v) is 3.65. The van der Waals surface area contributed by atoms with Crippen LogP contribution in [0.25, 0.3) is 0 Å². The average Bonchev–Trinajstić information content (AvgIpc) is 2.48. The van der Waals surface area contributed by atoms with Gasteiger partial charge in [-0.25, -0.2) is 4.79 Å². The van der Waals surface area contributed by atoms with Crippen LogP contribution in [0.15, 0.2) is 12.2 Å². The van der Waals surface area contributed by atoms with Gasteiger partial charge in [0.2, 0.25) is 0 Å². The molecule has 0 atom stereocenters. The number of carbonyl (C=O) groups is 4. The van der Waals surface area contributed by atoms with E-state index in [1.54, 1.807) is 0 Å². The number of rotatable bonds is 6. The molecule has 8 heteroatoms. The van der Waals surface area contributed by atoms with Gasteiger partial charge < -0.3 is 18.9 Å². The van der Waals surface area contributed by atoms with Crippen molar-refractivity contribution in [3.05, 3.63) is 12.2 Å². The first-order valence-electron chi connectivity index (χ1n) is 5.33. The van der Waals surface area contributed by atoms with E-state index in [9.17, 15) is 19.2 Å². The number of ether oxygens (including phenoxy) is 4. The molecule has 8 nitrogen and oxygen atoms in total. The van der Waals surface area contributed by atoms with E-state index in [2.05, 4.69) is 25.5 Å². The number of hydrogen-bond acceptors (Lipinski definition) is 8. The maximum atomic E-state index is 11.9. The number of hydrogen-bond donors (Lipinski definition) is 0. The monoisotopic (exact) mass is 288 g/mol. The van der Waals surface area contributed by atoms with Gasteiger partial charge in [0, 0.05) is 12.0 Å². The van der Waals surface area contributed by atoms with Crippen LogP contribution >= 0.6 is 0 Å². The lowest BCUT2D eigenvalue weighted by molar-refractivity contribution is -0.180. The highest BCUT2D eigenvalue weighted by Crippen LogP contribution is 2.31. The molecule has 0 fully saturated rings. The van der Waals surface area contributed by atoms with Crippen LogP contribution in [0.2, 0.25) is 0 Å². The predicted molar refractivity (Wildman–Crippen MR) is 64.3 cm³/mol. The van der Waals surface area contributed by atoms with Gasteiger partial charge in [0.25, 0.3) is 5.41 Å². The van der Waals surface area contributed by atoms with Gasteiger partial charge in [-0.15, -0.1) is 0 Å². The molecule has 0 amide bonds. The third-order valence-corrected chi connectivity index (χ3v) is 2.55. The van der Waals surface area contributed by atoms with Gasteiger partial charge in [0.05, 0.1) is 28.4 Å². The largest absolute Gasteiger partial charge is 0.468 e. The highest BCUT2D eigenvalue weighted by Gasteiger charge is 2.57. The first-order chi connectivity index (χ1) is 9.31. The summed E-state index contributed by atoms with van der Waals surface area (Å²) in [5.41, 5.74) is -2.74. The van der Waals surface area contributed by atoms with Crippen LogP contribution in [0.1, 0.15) is 6.42 Å². The molecule has 0 rings (SSSR count). The predicted octanol–water partition coefficient (Wildman–Crippen LogP) is -0.389. The van der Waals surface area contributed by atoms with Crippen molar-refractivity contribution in [3.8, 4) is 0 Å². The third-order valence-electron chi connectivity index (χ3n) is 2.55. The second-order valence-electron chi connectivity index (χ2n) is 3.65. The molecule has 0 radical (unpaired) electrons. The van der Waals surface area contributed by atoms with Crippen LogP contribution in [-0.4, -0.2) is 52.3 Å². The summed E-state index contributed by atoms with van der Waals surface area (Å²) in [4.78, 5) is 46.9. The molecule has 0 unspecified atom stereocenters. The minimum absolute atomic E-state index is 0.284. The fourth-order valence-electron chi connectivity index (χ4n) is 1.53. The lowest BCUT2D eigenvalue weighted by Gasteiger charge is -2.25. The molecule has 0 N–H and O–H groups in total. The summed E-state index contributed by atoms with van der Waals surface area (Å²) in [5, 5.41) is 0. The Hall–Kier alpha value is -2.38. The molecular weight excluding hydrogens is 272 g/mol. The molecule has 0 aromatic carbocycles. The second kappa shape index (κ2) is 7.27. The molecule has 0 aromatic rings. The molecule has 0 aliphatic heterocycles. The fraction of sp³-hybridized carbons (Fsp3) is 0.500. The van der Waals surface area contributed by atoms with E-state index in [-0.39, 0.29) is 5.57 Å². The third kappa shape index (κ3) is 3.14. The van der Waals surface area contributed by atoms with Gasteiger partial charge in [-0.1, -0.05) is 6.58 Å². The zero-order valence-electron chi connectivity index (χ0n) is 11.7. The lowest BCUT2D eigenvalue weighted by atomic mass is 9.81. The van der Waals surface area contributed by atoms with Crippen molar-refractivity contribution in [2.45, 2.75) is 6.42 Å². The minimum Gasteiger partial charge on any atom is -0.468 e. The lowest BCUT2D eigenvalue weighted by Crippen LogP contribution is -2.49. The van der Waals surface area contributed by atoms with Gasteiger partial charge in [-0.2, -0.15) is 0 Å². The number of methoxy groups -OCH3 is 4. The van der Waals surface area contributed by atoms with Crippen molar-refractivity contribution in [2.75, 3.05) is 28.4 Å². The Bertz CT molecular complexity index is 396. The maximum Gasteiger partial charge on any atom is 0.335 e. The summed E-state index contributed by atoms with van der Waals surface area (Å²) >= 11 is 0. The topological polar surface area (TPSA) is 105 Å². The summed E-state index contributed by atoms with van der Waals surface area (Å²) < 4.78 is 17.7. The van der Waals surface area contributed by atoms with E-state index in [4.69, 9.17) is 0 Å². The van der Waals surface area contributed by atoms with E-state index in [0.29, 0.717) is 0 Å². The molecule has 0 aromatic heterocycles. The molecule has 0 saturated heterocycles. The first kappa shape index (κ1) is 17.6. The van der Waals surface area contributed by atoms with E-state index in [1.807, 2.05) is 0 Å². The van der Waals surface area contributed by atoms with Crippen molar-refractivity contribution in [2.24, 2.45) is 5.41 Å². The quantitative estimate of drug-likeness (QED) is 0.281. The van der Waals surface area contributed by atoms with Crippen LogP contribution in [0, 0.1) is 5.41 Å². The maximum absolute atomic E-state index is 11.9. The summed E-state index contributed by atoms with van der Waals surface area (Å²) in [6, 6.07) is 0. The van der Waals surface area contributed by atoms with Gasteiger partial charge in [0.1, 0.15) is 0 Å². The molecule has 20 heavy (non-hydrogen) atoms. The molecule has 0 saturated carbocycles. The van der Waals surface area contributed by atoms with Gasteiger partial charge >= 0.3 is 23.9 Å². The van der Waals surface area contributed by atoms with Gasteiger partial charge in [0.15, 0.2) is 0 Å². The van der Waals surface area contributed by atoms with Crippen molar-refractivity contribution >= 4 is 23.9 Å². The zero-order chi connectivity index (χ0) is 15.9. The Kier molecular flexibility index (Phi) is 6.40. The fourth-order valence-corrected chi connectivity index (χ4v) is 1.53. The summed E-state index contributed by atoms with van der Waals surface area (Å²) in [6.45, 7) is 3.36. The summed E-state index contributed by atoms with van der Waals surface area (Å²) in [5.74, 6) is -4.55. The van der Waals surface area contributed by atoms with Crippen LogP contribution in [0.5, 0.6) is 0 Å². The molecule has 112 valence electrons. The van der Waals surface area contributed by atoms with E-state index < -0.39 is 35.7 Å². The Balaban J connectivity index is 5.81. The molecule has 0 aliphatic carbocycles. The Labute approximate surface area is 115 Å². The standard InChI is InChI=1S/C12H16O8/c1-7(8(13)17-2)6-12(9(14)18-3,10(15)19-4)11(16)20-5/h1,6H2,2-5H3. The SMILES string of the molecule is C=C(CC(C(=O)OC)(C(=O)OC)C(=O)OC)C(=O)OC. The molecule has 0 aliphatic rings. The normalized spacial score (nSPS) is 10.2.